The zero-order valence-electron chi connectivity index (χ0n) is 13.9. The van der Waals surface area contributed by atoms with Crippen LogP contribution in [0, 0.1) is 6.92 Å². The zero-order valence-corrected chi connectivity index (χ0v) is 13.9. The summed E-state index contributed by atoms with van der Waals surface area (Å²) in [6.07, 6.45) is 0.715. The molecular weight excluding hydrogens is 292 g/mol. The molecule has 0 amide bonds. The largest absolute Gasteiger partial charge is 0.481 e. The summed E-state index contributed by atoms with van der Waals surface area (Å²) in [6, 6.07) is 3.62. The van der Waals surface area contributed by atoms with Gasteiger partial charge in [-0.2, -0.15) is 4.98 Å². The maximum Gasteiger partial charge on any atom is 0.277 e. The molecular formula is C17H20N4O2. The first kappa shape index (κ1) is 15.3. The van der Waals surface area contributed by atoms with Crippen molar-refractivity contribution in [1.82, 2.24) is 18.9 Å². The van der Waals surface area contributed by atoms with E-state index in [9.17, 15) is 4.79 Å². The monoisotopic (exact) mass is 312 g/mol. The third-order valence-electron chi connectivity index (χ3n) is 3.85. The fourth-order valence-corrected chi connectivity index (χ4v) is 2.88. The van der Waals surface area contributed by atoms with Gasteiger partial charge in [-0.1, -0.05) is 19.1 Å². The lowest BCUT2D eigenvalue weighted by molar-refractivity contribution is 0.399. The van der Waals surface area contributed by atoms with Crippen molar-refractivity contribution in [2.45, 2.75) is 33.7 Å². The van der Waals surface area contributed by atoms with Gasteiger partial charge < -0.3 is 4.74 Å². The third kappa shape index (κ3) is 2.30. The number of nitrogens with zero attached hydrogens (tertiary/aromatic N) is 4. The van der Waals surface area contributed by atoms with E-state index in [1.807, 2.05) is 31.2 Å². The number of imidazole rings is 1. The molecule has 0 aliphatic heterocycles. The summed E-state index contributed by atoms with van der Waals surface area (Å²) >= 11 is 0. The van der Waals surface area contributed by atoms with Crippen LogP contribution < -0.4 is 10.3 Å². The van der Waals surface area contributed by atoms with Crippen LogP contribution in [-0.4, -0.2) is 26.0 Å². The van der Waals surface area contributed by atoms with Gasteiger partial charge >= 0.3 is 0 Å². The van der Waals surface area contributed by atoms with Crippen LogP contribution in [0.4, 0.5) is 0 Å². The topological polar surface area (TPSA) is 61.4 Å². The molecule has 0 aliphatic rings. The van der Waals surface area contributed by atoms with E-state index in [1.54, 1.807) is 17.7 Å². The number of aromatic nitrogens is 4. The lowest BCUT2D eigenvalue weighted by atomic mass is 10.3. The van der Waals surface area contributed by atoms with Crippen molar-refractivity contribution in [3.05, 3.63) is 46.2 Å². The van der Waals surface area contributed by atoms with Gasteiger partial charge in [0.25, 0.3) is 5.56 Å². The first-order valence-corrected chi connectivity index (χ1v) is 7.57. The Kier molecular flexibility index (Phi) is 3.67. The van der Waals surface area contributed by atoms with Gasteiger partial charge in [-0.05, 0) is 19.9 Å². The number of hydrogen-bond acceptors (Lipinski definition) is 4. The number of allylic oxidation sites excluding steroid dienone is 1. The minimum absolute atomic E-state index is 0.0721. The van der Waals surface area contributed by atoms with Crippen molar-refractivity contribution in [2.24, 2.45) is 0 Å². The summed E-state index contributed by atoms with van der Waals surface area (Å²) in [5, 5.41) is 0. The Hall–Kier alpha value is -2.63. The van der Waals surface area contributed by atoms with E-state index >= 15 is 0 Å². The molecule has 0 bridgehead atoms. The SMILES string of the molecule is C=C(C)Cn1c(=O)c2c(C)nc(CC)n2c2nc(OC)ccc21. The van der Waals surface area contributed by atoms with Gasteiger partial charge in [-0.25, -0.2) is 4.98 Å². The number of ether oxygens (including phenoxy) is 1. The first-order chi connectivity index (χ1) is 11.0. The van der Waals surface area contributed by atoms with Crippen LogP contribution in [-0.2, 0) is 13.0 Å². The van der Waals surface area contributed by atoms with Crippen LogP contribution >= 0.6 is 0 Å². The van der Waals surface area contributed by atoms with Gasteiger partial charge in [0.1, 0.15) is 11.3 Å². The Morgan fingerprint density at radius 3 is 2.70 bits per heavy atom. The minimum atomic E-state index is -0.0721. The van der Waals surface area contributed by atoms with Crippen LogP contribution in [0.25, 0.3) is 16.7 Å². The predicted molar refractivity (Wildman–Crippen MR) is 90.2 cm³/mol. The van der Waals surface area contributed by atoms with Gasteiger partial charge in [0, 0.05) is 19.0 Å². The van der Waals surface area contributed by atoms with Crippen LogP contribution in [0.1, 0.15) is 25.4 Å². The van der Waals surface area contributed by atoms with Crippen LogP contribution in [0.5, 0.6) is 5.88 Å². The molecule has 0 aromatic carbocycles. The molecule has 3 heterocycles. The number of rotatable bonds is 4. The van der Waals surface area contributed by atoms with Crippen LogP contribution in [0.3, 0.4) is 0 Å². The van der Waals surface area contributed by atoms with Crippen molar-refractivity contribution >= 4 is 16.7 Å². The summed E-state index contributed by atoms with van der Waals surface area (Å²) in [6.45, 7) is 10.1. The molecule has 0 saturated carbocycles. The minimum Gasteiger partial charge on any atom is -0.481 e. The molecule has 0 fully saturated rings. The highest BCUT2D eigenvalue weighted by Gasteiger charge is 2.18. The molecule has 120 valence electrons. The number of methoxy groups -OCH3 is 1. The fraction of sp³-hybridized carbons (Fsp3) is 0.353. The normalized spacial score (nSPS) is 11.3. The lowest BCUT2D eigenvalue weighted by Crippen LogP contribution is -2.24. The van der Waals surface area contributed by atoms with Gasteiger partial charge in [0.05, 0.1) is 18.3 Å². The number of aryl methyl sites for hydroxylation is 2. The molecule has 0 unspecified atom stereocenters. The van der Waals surface area contributed by atoms with E-state index in [4.69, 9.17) is 4.74 Å². The van der Waals surface area contributed by atoms with Crippen molar-refractivity contribution in [1.29, 1.82) is 0 Å². The molecule has 0 radical (unpaired) electrons. The molecule has 3 aromatic rings. The Morgan fingerprint density at radius 2 is 2.09 bits per heavy atom. The average molecular weight is 312 g/mol. The smallest absolute Gasteiger partial charge is 0.277 e. The average Bonchev–Trinajstić information content (AvgIpc) is 2.87. The lowest BCUT2D eigenvalue weighted by Gasteiger charge is -2.13. The van der Waals surface area contributed by atoms with Crippen molar-refractivity contribution in [3.8, 4) is 5.88 Å². The summed E-state index contributed by atoms with van der Waals surface area (Å²) in [4.78, 5) is 22.1. The van der Waals surface area contributed by atoms with Crippen molar-refractivity contribution in [3.63, 3.8) is 0 Å². The second-order valence-corrected chi connectivity index (χ2v) is 5.70. The molecule has 23 heavy (non-hydrogen) atoms. The molecule has 0 saturated heterocycles. The fourth-order valence-electron chi connectivity index (χ4n) is 2.88. The van der Waals surface area contributed by atoms with E-state index in [2.05, 4.69) is 16.5 Å². The zero-order chi connectivity index (χ0) is 16.7. The van der Waals surface area contributed by atoms with Gasteiger partial charge in [0.2, 0.25) is 5.88 Å². The number of hydrogen-bond donors (Lipinski definition) is 0. The second kappa shape index (κ2) is 5.53. The standard InChI is InChI=1S/C17H20N4O2/c1-6-13-18-11(4)15-17(22)20(9-10(2)3)12-7-8-14(23-5)19-16(12)21(13)15/h7-8H,2,6,9H2,1,3-5H3. The predicted octanol–water partition coefficient (Wildman–Crippen LogP) is 2.50. The Labute approximate surface area is 134 Å². The molecule has 0 atom stereocenters. The first-order valence-electron chi connectivity index (χ1n) is 7.57. The van der Waals surface area contributed by atoms with Crippen LogP contribution in [0.15, 0.2) is 29.1 Å². The van der Waals surface area contributed by atoms with Gasteiger partial charge in [0.15, 0.2) is 5.65 Å². The summed E-state index contributed by atoms with van der Waals surface area (Å²) in [5.74, 6) is 1.33. The van der Waals surface area contributed by atoms with E-state index in [0.29, 0.717) is 35.7 Å². The molecule has 3 aromatic heterocycles. The van der Waals surface area contributed by atoms with Crippen LogP contribution in [0.2, 0.25) is 0 Å². The molecule has 0 N–H and O–H groups in total. The molecule has 0 spiro atoms. The molecule has 0 aliphatic carbocycles. The summed E-state index contributed by atoms with van der Waals surface area (Å²) < 4.78 is 8.81. The van der Waals surface area contributed by atoms with E-state index < -0.39 is 0 Å². The number of fused-ring (bicyclic) bond motifs is 3. The summed E-state index contributed by atoms with van der Waals surface area (Å²) in [5.41, 5.74) is 3.54. The third-order valence-corrected chi connectivity index (χ3v) is 3.85. The highest BCUT2D eigenvalue weighted by Crippen LogP contribution is 2.21. The van der Waals surface area contributed by atoms with Gasteiger partial charge in [-0.15, -0.1) is 0 Å². The second-order valence-electron chi connectivity index (χ2n) is 5.70. The Balaban J connectivity index is 2.57. The van der Waals surface area contributed by atoms with E-state index in [-0.39, 0.29) is 5.56 Å². The van der Waals surface area contributed by atoms with E-state index in [0.717, 1.165) is 16.9 Å². The van der Waals surface area contributed by atoms with Gasteiger partial charge in [-0.3, -0.25) is 13.8 Å². The highest BCUT2D eigenvalue weighted by molar-refractivity contribution is 5.77. The molecule has 3 rings (SSSR count). The number of pyridine rings is 1. The Morgan fingerprint density at radius 1 is 1.35 bits per heavy atom. The molecule has 6 nitrogen and oxygen atoms in total. The highest BCUT2D eigenvalue weighted by atomic mass is 16.5. The Bertz CT molecular complexity index is 982. The molecule has 6 heteroatoms. The van der Waals surface area contributed by atoms with E-state index in [1.165, 1.54) is 0 Å². The van der Waals surface area contributed by atoms with Crippen molar-refractivity contribution in [2.75, 3.05) is 7.11 Å². The summed E-state index contributed by atoms with van der Waals surface area (Å²) in [7, 11) is 1.58. The quantitative estimate of drug-likeness (QED) is 0.694. The maximum atomic E-state index is 13.0. The maximum absolute atomic E-state index is 13.0. The van der Waals surface area contributed by atoms with Crippen molar-refractivity contribution < 1.29 is 4.74 Å².